The first-order valence-electron chi connectivity index (χ1n) is 10.1. The third-order valence-electron chi connectivity index (χ3n) is 6.23. The van der Waals surface area contributed by atoms with Gasteiger partial charge < -0.3 is 20.3 Å². The van der Waals surface area contributed by atoms with Crippen molar-refractivity contribution in [2.24, 2.45) is 11.8 Å². The minimum absolute atomic E-state index is 0.0633. The number of hydrogen-bond donors (Lipinski definition) is 2. The molecule has 144 valence electrons. The summed E-state index contributed by atoms with van der Waals surface area (Å²) in [5, 5.41) is 5.35. The second-order valence-electron chi connectivity index (χ2n) is 8.05. The van der Waals surface area contributed by atoms with Gasteiger partial charge in [0.25, 0.3) is 5.91 Å². The van der Waals surface area contributed by atoms with E-state index in [2.05, 4.69) is 41.5 Å². The fraction of sp³-hybridized carbons (Fsp3) is 0.667. The summed E-state index contributed by atoms with van der Waals surface area (Å²) in [6.45, 7) is 10.1. The third-order valence-corrected chi connectivity index (χ3v) is 6.23. The van der Waals surface area contributed by atoms with E-state index in [9.17, 15) is 4.79 Å². The van der Waals surface area contributed by atoms with E-state index >= 15 is 0 Å². The van der Waals surface area contributed by atoms with E-state index in [0.29, 0.717) is 12.0 Å². The maximum atomic E-state index is 12.6. The largest absolute Gasteiger partial charge is 0.378 e. The Bertz CT molecular complexity index is 583. The highest BCUT2D eigenvalue weighted by Crippen LogP contribution is 2.27. The molecular formula is C21H34N3O2+. The summed E-state index contributed by atoms with van der Waals surface area (Å²) in [4.78, 5) is 14.9. The molecule has 0 aromatic heterocycles. The lowest BCUT2D eigenvalue weighted by atomic mass is 9.78. The molecule has 5 nitrogen and oxygen atoms in total. The molecule has 1 heterocycles. The van der Waals surface area contributed by atoms with Gasteiger partial charge in [0.2, 0.25) is 0 Å². The molecule has 1 amide bonds. The zero-order valence-corrected chi connectivity index (χ0v) is 16.4. The van der Waals surface area contributed by atoms with E-state index in [0.717, 1.165) is 37.9 Å². The number of carbonyl (C=O) groups is 1. The van der Waals surface area contributed by atoms with Gasteiger partial charge in [-0.3, -0.25) is 4.79 Å². The van der Waals surface area contributed by atoms with Crippen molar-refractivity contribution in [3.8, 4) is 0 Å². The number of amides is 1. The van der Waals surface area contributed by atoms with Crippen LogP contribution in [0.1, 0.15) is 40.0 Å². The van der Waals surface area contributed by atoms with Gasteiger partial charge in [-0.15, -0.1) is 0 Å². The maximum absolute atomic E-state index is 12.6. The van der Waals surface area contributed by atoms with Crippen molar-refractivity contribution in [1.82, 2.24) is 0 Å². The topological polar surface area (TPSA) is 58.2 Å². The zero-order valence-electron chi connectivity index (χ0n) is 16.4. The number of benzene rings is 1. The number of ether oxygens (including phenoxy) is 1. The fourth-order valence-electron chi connectivity index (χ4n) is 4.19. The van der Waals surface area contributed by atoms with Crippen molar-refractivity contribution in [1.29, 1.82) is 0 Å². The molecule has 3 N–H and O–H groups in total. The second kappa shape index (κ2) is 8.87. The minimum atomic E-state index is -0.0633. The summed E-state index contributed by atoms with van der Waals surface area (Å²) in [5.74, 6) is 1.52. The molecule has 5 heteroatoms. The highest BCUT2D eigenvalue weighted by molar-refractivity contribution is 5.93. The highest BCUT2D eigenvalue weighted by atomic mass is 16.5. The lowest BCUT2D eigenvalue weighted by molar-refractivity contribution is -0.715. The molecule has 3 rings (SSSR count). The van der Waals surface area contributed by atoms with Gasteiger partial charge in [0.1, 0.15) is 0 Å². The smallest absolute Gasteiger partial charge is 0.282 e. The van der Waals surface area contributed by atoms with Crippen LogP contribution in [0.15, 0.2) is 24.3 Å². The quantitative estimate of drug-likeness (QED) is 0.847. The molecule has 1 saturated carbocycles. The van der Waals surface area contributed by atoms with Gasteiger partial charge in [-0.05, 0) is 56.4 Å². The van der Waals surface area contributed by atoms with Gasteiger partial charge in [-0.2, -0.15) is 0 Å². The van der Waals surface area contributed by atoms with Crippen LogP contribution >= 0.6 is 0 Å². The Labute approximate surface area is 157 Å². The first-order valence-corrected chi connectivity index (χ1v) is 10.1. The number of hydrogen-bond acceptors (Lipinski definition) is 3. The maximum Gasteiger partial charge on any atom is 0.282 e. The molecule has 0 unspecified atom stereocenters. The molecule has 4 atom stereocenters. The Morgan fingerprint density at radius 3 is 2.58 bits per heavy atom. The van der Waals surface area contributed by atoms with Crippen LogP contribution in [-0.2, 0) is 9.53 Å². The van der Waals surface area contributed by atoms with Gasteiger partial charge in [-0.1, -0.05) is 13.8 Å². The number of nitrogens with zero attached hydrogens (tertiary/aromatic N) is 1. The lowest BCUT2D eigenvalue weighted by Crippen LogP contribution is -2.97. The Hall–Kier alpha value is -1.59. The number of nitrogens with one attached hydrogen (secondary N) is 1. The molecule has 1 aromatic rings. The predicted octanol–water partition coefficient (Wildman–Crippen LogP) is 2.24. The molecule has 2 aliphatic rings. The molecule has 1 aliphatic heterocycles. The molecule has 0 radical (unpaired) electrons. The van der Waals surface area contributed by atoms with Crippen LogP contribution in [-0.4, -0.2) is 44.3 Å². The fourth-order valence-corrected chi connectivity index (χ4v) is 4.19. The van der Waals surface area contributed by atoms with E-state index < -0.39 is 0 Å². The second-order valence-corrected chi connectivity index (χ2v) is 8.05. The number of nitrogens with two attached hydrogens (primary N) is 1. The first-order chi connectivity index (χ1) is 12.5. The molecule has 0 spiro atoms. The number of anilines is 2. The number of quaternary nitrogens is 1. The third kappa shape index (κ3) is 4.77. The summed E-state index contributed by atoms with van der Waals surface area (Å²) in [5.41, 5.74) is 2.06. The standard InChI is InChI=1S/C21H33N3O2/c1-15-5-4-6-20(16(15)2)22-17(3)21(25)23-18-7-9-19(10-8-18)24-11-13-26-14-12-24/h7-10,15-17,20,22H,4-6,11-14H2,1-3H3,(H,23,25)/p+1/t15-,16-,17+,20-/m1/s1. The van der Waals surface area contributed by atoms with Crippen LogP contribution in [0.5, 0.6) is 0 Å². The summed E-state index contributed by atoms with van der Waals surface area (Å²) in [6, 6.07) is 8.66. The van der Waals surface area contributed by atoms with E-state index in [1.54, 1.807) is 0 Å². The summed E-state index contributed by atoms with van der Waals surface area (Å²) in [6.07, 6.45) is 3.82. The van der Waals surface area contributed by atoms with E-state index in [-0.39, 0.29) is 11.9 Å². The average molecular weight is 361 g/mol. The van der Waals surface area contributed by atoms with Gasteiger partial charge in [0, 0.05) is 30.4 Å². The van der Waals surface area contributed by atoms with Crippen LogP contribution in [0.3, 0.4) is 0 Å². The highest BCUT2D eigenvalue weighted by Gasteiger charge is 2.32. The van der Waals surface area contributed by atoms with Crippen molar-refractivity contribution >= 4 is 17.3 Å². The zero-order chi connectivity index (χ0) is 18.5. The van der Waals surface area contributed by atoms with Crippen molar-refractivity contribution < 1.29 is 14.8 Å². The number of carbonyl (C=O) groups excluding carboxylic acids is 1. The molecule has 1 saturated heterocycles. The minimum Gasteiger partial charge on any atom is -0.378 e. The Morgan fingerprint density at radius 2 is 1.88 bits per heavy atom. The average Bonchev–Trinajstić information content (AvgIpc) is 2.66. The summed E-state index contributed by atoms with van der Waals surface area (Å²) < 4.78 is 5.40. The molecule has 1 aromatic carbocycles. The Morgan fingerprint density at radius 1 is 1.19 bits per heavy atom. The number of rotatable bonds is 5. The predicted molar refractivity (Wildman–Crippen MR) is 105 cm³/mol. The van der Waals surface area contributed by atoms with Crippen molar-refractivity contribution in [3.63, 3.8) is 0 Å². The molecule has 2 fully saturated rings. The van der Waals surface area contributed by atoms with Crippen LogP contribution < -0.4 is 15.5 Å². The van der Waals surface area contributed by atoms with E-state index in [1.807, 2.05) is 19.1 Å². The monoisotopic (exact) mass is 360 g/mol. The Kier molecular flexibility index (Phi) is 6.54. The van der Waals surface area contributed by atoms with Gasteiger partial charge in [0.15, 0.2) is 6.04 Å². The normalized spacial score (nSPS) is 27.8. The van der Waals surface area contributed by atoms with Crippen LogP contribution in [0.25, 0.3) is 0 Å². The molecule has 26 heavy (non-hydrogen) atoms. The van der Waals surface area contributed by atoms with E-state index in [1.165, 1.54) is 24.9 Å². The van der Waals surface area contributed by atoms with Gasteiger partial charge in [-0.25, -0.2) is 0 Å². The van der Waals surface area contributed by atoms with Crippen molar-refractivity contribution in [2.75, 3.05) is 36.5 Å². The lowest BCUT2D eigenvalue weighted by Gasteiger charge is -2.33. The number of morpholine rings is 1. The van der Waals surface area contributed by atoms with Crippen LogP contribution in [0.4, 0.5) is 11.4 Å². The van der Waals surface area contributed by atoms with Crippen molar-refractivity contribution in [2.45, 2.75) is 52.1 Å². The van der Waals surface area contributed by atoms with Crippen LogP contribution in [0, 0.1) is 11.8 Å². The molecule has 1 aliphatic carbocycles. The van der Waals surface area contributed by atoms with Gasteiger partial charge >= 0.3 is 0 Å². The first kappa shape index (κ1) is 19.2. The molecular weight excluding hydrogens is 326 g/mol. The molecule has 0 bridgehead atoms. The summed E-state index contributed by atoms with van der Waals surface area (Å²) in [7, 11) is 0. The van der Waals surface area contributed by atoms with Crippen molar-refractivity contribution in [3.05, 3.63) is 24.3 Å². The SMILES string of the molecule is C[C@@H]1[C@H](C)CCC[C@H]1[NH2+][C@@H](C)C(=O)Nc1ccc(N2CCOCC2)cc1. The van der Waals surface area contributed by atoms with E-state index in [4.69, 9.17) is 4.74 Å². The summed E-state index contributed by atoms with van der Waals surface area (Å²) >= 11 is 0. The van der Waals surface area contributed by atoms with Gasteiger partial charge in [0.05, 0.1) is 19.3 Å². The van der Waals surface area contributed by atoms with Crippen LogP contribution in [0.2, 0.25) is 0 Å². The Balaban J connectivity index is 1.52.